The van der Waals surface area contributed by atoms with Gasteiger partial charge in [-0.05, 0) is 26.0 Å². The molecule has 5 nitrogen and oxygen atoms in total. The molecule has 1 aliphatic rings. The molecule has 0 radical (unpaired) electrons. The molecule has 20 heavy (non-hydrogen) atoms. The van der Waals surface area contributed by atoms with Gasteiger partial charge in [0.25, 0.3) is 5.91 Å². The zero-order valence-corrected chi connectivity index (χ0v) is 12.5. The standard InChI is InChI=1S/C14H19N3O2.ClH/c1-10(18)12-7-13(17(2)9-12)14(19)16-8-11-3-5-15-6-4-11;/h3,7,9,15H,4-6,8H2,1-2H3,(H,16,19);1H. The normalized spacial score (nSPS) is 14.2. The molecule has 0 aromatic carbocycles. The van der Waals surface area contributed by atoms with Crippen LogP contribution in [0, 0.1) is 0 Å². The molecule has 110 valence electrons. The fourth-order valence-electron chi connectivity index (χ4n) is 2.10. The van der Waals surface area contributed by atoms with Gasteiger partial charge in [0, 0.05) is 31.9 Å². The van der Waals surface area contributed by atoms with E-state index in [-0.39, 0.29) is 24.1 Å². The zero-order valence-electron chi connectivity index (χ0n) is 11.7. The van der Waals surface area contributed by atoms with Gasteiger partial charge in [0.05, 0.1) is 0 Å². The number of hydrogen-bond donors (Lipinski definition) is 2. The molecule has 0 saturated heterocycles. The number of rotatable bonds is 4. The predicted molar refractivity (Wildman–Crippen MR) is 80.6 cm³/mol. The highest BCUT2D eigenvalue weighted by Crippen LogP contribution is 2.09. The molecular weight excluding hydrogens is 278 g/mol. The summed E-state index contributed by atoms with van der Waals surface area (Å²) in [6, 6.07) is 1.63. The van der Waals surface area contributed by atoms with E-state index in [1.165, 1.54) is 12.5 Å². The lowest BCUT2D eigenvalue weighted by molar-refractivity contribution is 0.0948. The second kappa shape index (κ2) is 7.26. The van der Waals surface area contributed by atoms with Crippen LogP contribution < -0.4 is 10.6 Å². The van der Waals surface area contributed by atoms with Gasteiger partial charge < -0.3 is 15.2 Å². The summed E-state index contributed by atoms with van der Waals surface area (Å²) in [6.07, 6.45) is 4.75. The van der Waals surface area contributed by atoms with Crippen LogP contribution in [0.1, 0.15) is 34.2 Å². The van der Waals surface area contributed by atoms with Crippen molar-refractivity contribution in [3.05, 3.63) is 35.2 Å². The zero-order chi connectivity index (χ0) is 13.8. The largest absolute Gasteiger partial charge is 0.347 e. The lowest BCUT2D eigenvalue weighted by Crippen LogP contribution is -2.30. The minimum absolute atomic E-state index is 0. The van der Waals surface area contributed by atoms with Gasteiger partial charge in [0.1, 0.15) is 5.69 Å². The number of carbonyl (C=O) groups excluding carboxylic acids is 2. The van der Waals surface area contributed by atoms with E-state index in [9.17, 15) is 9.59 Å². The molecule has 1 aliphatic heterocycles. The van der Waals surface area contributed by atoms with E-state index in [0.29, 0.717) is 17.8 Å². The van der Waals surface area contributed by atoms with Gasteiger partial charge in [-0.25, -0.2) is 0 Å². The quantitative estimate of drug-likeness (QED) is 0.650. The third-order valence-electron chi connectivity index (χ3n) is 3.28. The first-order chi connectivity index (χ1) is 9.08. The van der Waals surface area contributed by atoms with Gasteiger partial charge >= 0.3 is 0 Å². The molecule has 2 heterocycles. The smallest absolute Gasteiger partial charge is 0.268 e. The first-order valence-corrected chi connectivity index (χ1v) is 6.42. The molecule has 0 saturated carbocycles. The number of aromatic nitrogens is 1. The van der Waals surface area contributed by atoms with E-state index >= 15 is 0 Å². The highest BCUT2D eigenvalue weighted by Gasteiger charge is 2.14. The molecule has 1 aromatic rings. The SMILES string of the molecule is CC(=O)c1cc(C(=O)NCC2=CCNCC2)n(C)c1.Cl. The Morgan fingerprint density at radius 1 is 1.45 bits per heavy atom. The minimum Gasteiger partial charge on any atom is -0.347 e. The monoisotopic (exact) mass is 297 g/mol. The molecule has 0 atom stereocenters. The first-order valence-electron chi connectivity index (χ1n) is 6.42. The predicted octanol–water partition coefficient (Wildman–Crippen LogP) is 1.30. The molecule has 0 unspecified atom stereocenters. The molecular formula is C14H20ClN3O2. The number of hydrogen-bond acceptors (Lipinski definition) is 3. The topological polar surface area (TPSA) is 63.1 Å². The van der Waals surface area contributed by atoms with E-state index in [1.807, 2.05) is 0 Å². The van der Waals surface area contributed by atoms with Crippen LogP contribution in [0.15, 0.2) is 23.9 Å². The molecule has 0 aliphatic carbocycles. The van der Waals surface area contributed by atoms with Crippen molar-refractivity contribution in [2.75, 3.05) is 19.6 Å². The fraction of sp³-hybridized carbons (Fsp3) is 0.429. The Morgan fingerprint density at radius 2 is 2.20 bits per heavy atom. The number of aryl methyl sites for hydroxylation is 1. The number of amides is 1. The Balaban J connectivity index is 0.00000200. The van der Waals surface area contributed by atoms with Gasteiger partial charge in [-0.2, -0.15) is 0 Å². The Labute approximate surface area is 124 Å². The van der Waals surface area contributed by atoms with Crippen LogP contribution in [0.4, 0.5) is 0 Å². The van der Waals surface area contributed by atoms with Crippen LogP contribution in [0.3, 0.4) is 0 Å². The average molecular weight is 298 g/mol. The Kier molecular flexibility index (Phi) is 5.98. The van der Waals surface area contributed by atoms with E-state index in [2.05, 4.69) is 16.7 Å². The molecule has 1 aromatic heterocycles. The Morgan fingerprint density at radius 3 is 2.75 bits per heavy atom. The minimum atomic E-state index is -0.144. The summed E-state index contributed by atoms with van der Waals surface area (Å²) in [6.45, 7) is 3.89. The molecule has 1 amide bonds. The van der Waals surface area contributed by atoms with E-state index < -0.39 is 0 Å². The summed E-state index contributed by atoms with van der Waals surface area (Å²) in [5.74, 6) is -0.176. The number of nitrogens with one attached hydrogen (secondary N) is 2. The number of carbonyl (C=O) groups is 2. The summed E-state index contributed by atoms with van der Waals surface area (Å²) < 4.78 is 1.68. The van der Waals surface area contributed by atoms with Crippen LogP contribution in [0.25, 0.3) is 0 Å². The highest BCUT2D eigenvalue weighted by atomic mass is 35.5. The summed E-state index contributed by atoms with van der Waals surface area (Å²) in [7, 11) is 1.77. The number of halogens is 1. The summed E-state index contributed by atoms with van der Waals surface area (Å²) in [5, 5.41) is 6.12. The molecule has 6 heteroatoms. The molecule has 0 spiro atoms. The van der Waals surface area contributed by atoms with Gasteiger partial charge in [-0.15, -0.1) is 12.4 Å². The third-order valence-corrected chi connectivity index (χ3v) is 3.28. The molecule has 2 N–H and O–H groups in total. The number of Topliss-reactive ketones (excluding diaryl/α,β-unsaturated/α-hetero) is 1. The van der Waals surface area contributed by atoms with E-state index in [1.54, 1.807) is 23.9 Å². The van der Waals surface area contributed by atoms with Crippen molar-refractivity contribution >= 4 is 24.1 Å². The lowest BCUT2D eigenvalue weighted by Gasteiger charge is -2.14. The lowest BCUT2D eigenvalue weighted by atomic mass is 10.1. The van der Waals surface area contributed by atoms with Crippen LogP contribution in [-0.2, 0) is 7.05 Å². The van der Waals surface area contributed by atoms with Gasteiger partial charge in [0.2, 0.25) is 0 Å². The maximum Gasteiger partial charge on any atom is 0.268 e. The van der Waals surface area contributed by atoms with Crippen LogP contribution in [0.5, 0.6) is 0 Å². The second-order valence-electron chi connectivity index (χ2n) is 4.78. The van der Waals surface area contributed by atoms with Crippen LogP contribution in [-0.4, -0.2) is 35.9 Å². The van der Waals surface area contributed by atoms with Gasteiger partial charge in [-0.3, -0.25) is 9.59 Å². The number of ketones is 1. The van der Waals surface area contributed by atoms with Crippen molar-refractivity contribution in [3.8, 4) is 0 Å². The Bertz CT molecular complexity index is 535. The summed E-state index contributed by atoms with van der Waals surface area (Å²) in [4.78, 5) is 23.3. The fourth-order valence-corrected chi connectivity index (χ4v) is 2.10. The first kappa shape index (κ1) is 16.5. The third kappa shape index (κ3) is 3.95. The van der Waals surface area contributed by atoms with Crippen molar-refractivity contribution in [3.63, 3.8) is 0 Å². The van der Waals surface area contributed by atoms with Crippen molar-refractivity contribution < 1.29 is 9.59 Å². The van der Waals surface area contributed by atoms with Crippen molar-refractivity contribution in [1.29, 1.82) is 0 Å². The number of nitrogens with zero attached hydrogens (tertiary/aromatic N) is 1. The van der Waals surface area contributed by atoms with E-state index in [0.717, 1.165) is 19.5 Å². The molecule has 0 fully saturated rings. The van der Waals surface area contributed by atoms with Crippen molar-refractivity contribution in [2.45, 2.75) is 13.3 Å². The highest BCUT2D eigenvalue weighted by molar-refractivity contribution is 5.99. The average Bonchev–Trinajstić information content (AvgIpc) is 2.80. The summed E-state index contributed by atoms with van der Waals surface area (Å²) in [5.41, 5.74) is 2.32. The summed E-state index contributed by atoms with van der Waals surface area (Å²) >= 11 is 0. The Hall–Kier alpha value is -1.59. The van der Waals surface area contributed by atoms with Crippen LogP contribution >= 0.6 is 12.4 Å². The van der Waals surface area contributed by atoms with Crippen LogP contribution in [0.2, 0.25) is 0 Å². The van der Waals surface area contributed by atoms with E-state index in [4.69, 9.17) is 0 Å². The molecule has 0 bridgehead atoms. The maximum absolute atomic E-state index is 12.1. The van der Waals surface area contributed by atoms with Gasteiger partial charge in [-0.1, -0.05) is 11.6 Å². The second-order valence-corrected chi connectivity index (χ2v) is 4.78. The van der Waals surface area contributed by atoms with Crippen molar-refractivity contribution in [1.82, 2.24) is 15.2 Å². The maximum atomic E-state index is 12.1. The van der Waals surface area contributed by atoms with Crippen molar-refractivity contribution in [2.24, 2.45) is 7.05 Å². The molecule has 2 rings (SSSR count). The van der Waals surface area contributed by atoms with Gasteiger partial charge in [0.15, 0.2) is 5.78 Å².